The SMILES string of the molecule is Cc1nc2ncccc2c(=O)n1-c1ccc(F)c(NC(=O)CC2CCCC2)c1. The van der Waals surface area contributed by atoms with Crippen LogP contribution in [0.3, 0.4) is 0 Å². The number of carbonyl (C=O) groups excluding carboxylic acids is 1. The number of anilines is 1. The Bertz CT molecular complexity index is 1100. The summed E-state index contributed by atoms with van der Waals surface area (Å²) in [5.74, 6) is 0.0665. The summed E-state index contributed by atoms with van der Waals surface area (Å²) in [7, 11) is 0. The summed E-state index contributed by atoms with van der Waals surface area (Å²) in [5.41, 5.74) is 0.593. The van der Waals surface area contributed by atoms with Crippen LogP contribution in [-0.2, 0) is 4.79 Å². The fraction of sp³-hybridized carbons (Fsp3) is 0.333. The Hall–Kier alpha value is -3.09. The van der Waals surface area contributed by atoms with Crippen LogP contribution >= 0.6 is 0 Å². The summed E-state index contributed by atoms with van der Waals surface area (Å²) >= 11 is 0. The largest absolute Gasteiger partial charge is 0.324 e. The van der Waals surface area contributed by atoms with Gasteiger partial charge in [0.1, 0.15) is 11.6 Å². The Morgan fingerprint density at radius 2 is 2.07 bits per heavy atom. The molecule has 1 N–H and O–H groups in total. The Morgan fingerprint density at radius 3 is 2.86 bits per heavy atom. The van der Waals surface area contributed by atoms with E-state index in [-0.39, 0.29) is 17.2 Å². The molecule has 1 amide bonds. The molecule has 0 spiro atoms. The number of carbonyl (C=O) groups is 1. The number of aryl methyl sites for hydroxylation is 1. The molecule has 28 heavy (non-hydrogen) atoms. The molecule has 0 aliphatic heterocycles. The van der Waals surface area contributed by atoms with E-state index in [9.17, 15) is 14.0 Å². The third-order valence-corrected chi connectivity index (χ3v) is 5.24. The molecule has 0 radical (unpaired) electrons. The van der Waals surface area contributed by atoms with E-state index in [1.165, 1.54) is 22.8 Å². The second kappa shape index (κ2) is 7.50. The molecule has 6 nitrogen and oxygen atoms in total. The zero-order chi connectivity index (χ0) is 19.7. The molecule has 4 rings (SSSR count). The van der Waals surface area contributed by atoms with Gasteiger partial charge in [-0.2, -0.15) is 0 Å². The van der Waals surface area contributed by atoms with Gasteiger partial charge in [0.15, 0.2) is 5.65 Å². The smallest absolute Gasteiger partial charge is 0.267 e. The number of nitrogens with one attached hydrogen (secondary N) is 1. The van der Waals surface area contributed by atoms with E-state index in [2.05, 4.69) is 15.3 Å². The number of nitrogens with zero attached hydrogens (tertiary/aromatic N) is 3. The third kappa shape index (κ3) is 3.52. The number of hydrogen-bond acceptors (Lipinski definition) is 4. The molecule has 1 fully saturated rings. The first kappa shape index (κ1) is 18.3. The van der Waals surface area contributed by atoms with Crippen LogP contribution in [0.4, 0.5) is 10.1 Å². The minimum absolute atomic E-state index is 0.0677. The first-order valence-corrected chi connectivity index (χ1v) is 9.47. The first-order chi connectivity index (χ1) is 13.5. The Labute approximate surface area is 161 Å². The van der Waals surface area contributed by atoms with E-state index in [1.54, 1.807) is 25.3 Å². The van der Waals surface area contributed by atoms with Crippen molar-refractivity contribution in [2.45, 2.75) is 39.0 Å². The van der Waals surface area contributed by atoms with Gasteiger partial charge in [-0.25, -0.2) is 14.4 Å². The summed E-state index contributed by atoms with van der Waals surface area (Å²) < 4.78 is 15.7. The number of aromatic nitrogens is 3. The minimum Gasteiger partial charge on any atom is -0.324 e. The number of fused-ring (bicyclic) bond motifs is 1. The standard InChI is InChI=1S/C21H21FN4O2/c1-13-24-20-16(7-4-10-23-20)21(28)26(13)15-8-9-17(22)18(12-15)25-19(27)11-14-5-2-3-6-14/h4,7-10,12,14H,2-3,5-6,11H2,1H3,(H,25,27). The van der Waals surface area contributed by atoms with Crippen molar-refractivity contribution >= 4 is 22.6 Å². The molecular formula is C21H21FN4O2. The van der Waals surface area contributed by atoms with E-state index in [4.69, 9.17) is 0 Å². The summed E-state index contributed by atoms with van der Waals surface area (Å²) in [6.07, 6.45) is 6.35. The maximum atomic E-state index is 14.3. The Kier molecular flexibility index (Phi) is 4.90. The highest BCUT2D eigenvalue weighted by Crippen LogP contribution is 2.28. The number of amides is 1. The van der Waals surface area contributed by atoms with Gasteiger partial charge in [-0.3, -0.25) is 14.2 Å². The van der Waals surface area contributed by atoms with Gasteiger partial charge in [0.25, 0.3) is 5.56 Å². The maximum absolute atomic E-state index is 14.3. The third-order valence-electron chi connectivity index (χ3n) is 5.24. The molecule has 144 valence electrons. The molecule has 0 bridgehead atoms. The summed E-state index contributed by atoms with van der Waals surface area (Å²) in [6, 6.07) is 7.55. The highest BCUT2D eigenvalue weighted by atomic mass is 19.1. The van der Waals surface area contributed by atoms with Crippen LogP contribution in [0, 0.1) is 18.7 Å². The molecule has 0 atom stereocenters. The van der Waals surface area contributed by atoms with Crippen molar-refractivity contribution in [1.82, 2.24) is 14.5 Å². The molecule has 7 heteroatoms. The van der Waals surface area contributed by atoms with Crippen molar-refractivity contribution in [3.8, 4) is 5.69 Å². The topological polar surface area (TPSA) is 76.9 Å². The fourth-order valence-corrected chi connectivity index (χ4v) is 3.85. The highest BCUT2D eigenvalue weighted by molar-refractivity contribution is 5.91. The van der Waals surface area contributed by atoms with E-state index in [1.807, 2.05) is 0 Å². The van der Waals surface area contributed by atoms with Gasteiger partial charge in [0, 0.05) is 12.6 Å². The van der Waals surface area contributed by atoms with Crippen molar-refractivity contribution in [3.05, 3.63) is 58.5 Å². The van der Waals surface area contributed by atoms with Gasteiger partial charge in [0.05, 0.1) is 16.8 Å². The normalized spacial score (nSPS) is 14.5. The second-order valence-electron chi connectivity index (χ2n) is 7.24. The maximum Gasteiger partial charge on any atom is 0.267 e. The first-order valence-electron chi connectivity index (χ1n) is 9.47. The van der Waals surface area contributed by atoms with Crippen LogP contribution in [0.5, 0.6) is 0 Å². The van der Waals surface area contributed by atoms with Crippen molar-refractivity contribution in [2.75, 3.05) is 5.32 Å². The zero-order valence-corrected chi connectivity index (χ0v) is 15.6. The molecule has 1 saturated carbocycles. The molecule has 1 aromatic carbocycles. The van der Waals surface area contributed by atoms with Gasteiger partial charge >= 0.3 is 0 Å². The van der Waals surface area contributed by atoms with Gasteiger partial charge in [0.2, 0.25) is 5.91 Å². The van der Waals surface area contributed by atoms with E-state index < -0.39 is 5.82 Å². The fourth-order valence-electron chi connectivity index (χ4n) is 3.85. The monoisotopic (exact) mass is 380 g/mol. The predicted octanol–water partition coefficient (Wildman–Crippen LogP) is 3.75. The number of hydrogen-bond donors (Lipinski definition) is 1. The highest BCUT2D eigenvalue weighted by Gasteiger charge is 2.19. The molecule has 1 aliphatic rings. The number of benzene rings is 1. The van der Waals surface area contributed by atoms with Crippen molar-refractivity contribution in [2.24, 2.45) is 5.92 Å². The van der Waals surface area contributed by atoms with Crippen molar-refractivity contribution in [3.63, 3.8) is 0 Å². The quantitative estimate of drug-likeness (QED) is 0.748. The number of halogens is 1. The lowest BCUT2D eigenvalue weighted by Crippen LogP contribution is -2.23. The summed E-state index contributed by atoms with van der Waals surface area (Å²) in [4.78, 5) is 33.7. The lowest BCUT2D eigenvalue weighted by atomic mass is 10.0. The number of pyridine rings is 1. The molecule has 0 unspecified atom stereocenters. The van der Waals surface area contributed by atoms with E-state index in [0.717, 1.165) is 25.7 Å². The number of rotatable bonds is 4. The van der Waals surface area contributed by atoms with Crippen LogP contribution in [0.2, 0.25) is 0 Å². The summed E-state index contributed by atoms with van der Waals surface area (Å²) in [5, 5.41) is 3.04. The molecule has 1 aliphatic carbocycles. The Balaban J connectivity index is 1.68. The minimum atomic E-state index is -0.537. The molecular weight excluding hydrogens is 359 g/mol. The molecule has 0 saturated heterocycles. The van der Waals surface area contributed by atoms with Crippen LogP contribution in [0.15, 0.2) is 41.3 Å². The average molecular weight is 380 g/mol. The van der Waals surface area contributed by atoms with Gasteiger partial charge in [-0.1, -0.05) is 12.8 Å². The molecule has 2 heterocycles. The van der Waals surface area contributed by atoms with Crippen LogP contribution in [0.25, 0.3) is 16.7 Å². The van der Waals surface area contributed by atoms with Crippen molar-refractivity contribution in [1.29, 1.82) is 0 Å². The van der Waals surface area contributed by atoms with Gasteiger partial charge < -0.3 is 5.32 Å². The Morgan fingerprint density at radius 1 is 1.29 bits per heavy atom. The molecule has 2 aromatic heterocycles. The van der Waals surface area contributed by atoms with E-state index >= 15 is 0 Å². The predicted molar refractivity (Wildman–Crippen MR) is 105 cm³/mol. The van der Waals surface area contributed by atoms with Crippen molar-refractivity contribution < 1.29 is 9.18 Å². The lowest BCUT2D eigenvalue weighted by Gasteiger charge is -2.14. The second-order valence-corrected chi connectivity index (χ2v) is 7.24. The van der Waals surface area contributed by atoms with Gasteiger partial charge in [-0.15, -0.1) is 0 Å². The van der Waals surface area contributed by atoms with Gasteiger partial charge in [-0.05, 0) is 56.0 Å². The summed E-state index contributed by atoms with van der Waals surface area (Å²) in [6.45, 7) is 1.69. The lowest BCUT2D eigenvalue weighted by molar-refractivity contribution is -0.117. The van der Waals surface area contributed by atoms with E-state index in [0.29, 0.717) is 34.9 Å². The molecule has 3 aromatic rings. The zero-order valence-electron chi connectivity index (χ0n) is 15.6. The van der Waals surface area contributed by atoms with Crippen LogP contribution in [0.1, 0.15) is 37.9 Å². The van der Waals surface area contributed by atoms with Crippen LogP contribution < -0.4 is 10.9 Å². The average Bonchev–Trinajstić information content (AvgIpc) is 3.17. The van der Waals surface area contributed by atoms with Crippen LogP contribution in [-0.4, -0.2) is 20.4 Å².